The van der Waals surface area contributed by atoms with Crippen LogP contribution in [0, 0.1) is 5.92 Å². The molecule has 0 bridgehead atoms. The molecule has 5 heteroatoms. The number of nitrogens with zero attached hydrogens (tertiary/aromatic N) is 2. The molecule has 0 unspecified atom stereocenters. The maximum absolute atomic E-state index is 12.8. The minimum atomic E-state index is 0.0252. The summed E-state index contributed by atoms with van der Waals surface area (Å²) in [7, 11) is 1.89. The number of carbonyl (C=O) groups excluding carboxylic acids is 2. The monoisotopic (exact) mass is 360 g/mol. The van der Waals surface area contributed by atoms with Crippen molar-refractivity contribution in [3.63, 3.8) is 0 Å². The van der Waals surface area contributed by atoms with Crippen LogP contribution >= 0.6 is 0 Å². The third kappa shape index (κ3) is 5.48. The van der Waals surface area contributed by atoms with Gasteiger partial charge in [-0.2, -0.15) is 0 Å². The first kappa shape index (κ1) is 20.3. The van der Waals surface area contributed by atoms with E-state index in [-0.39, 0.29) is 17.7 Å². The van der Waals surface area contributed by atoms with Crippen LogP contribution in [0.5, 0.6) is 5.75 Å². The molecule has 1 aliphatic rings. The van der Waals surface area contributed by atoms with Crippen LogP contribution in [-0.4, -0.2) is 54.9 Å². The summed E-state index contributed by atoms with van der Waals surface area (Å²) in [6, 6.07) is 7.38. The number of hydrogen-bond donors (Lipinski definition) is 0. The Morgan fingerprint density at radius 3 is 2.58 bits per heavy atom. The molecule has 1 saturated heterocycles. The molecular weight excluding hydrogens is 328 g/mol. The maximum Gasteiger partial charge on any atom is 0.253 e. The second-order valence-electron chi connectivity index (χ2n) is 7.06. The predicted molar refractivity (Wildman–Crippen MR) is 103 cm³/mol. The first-order chi connectivity index (χ1) is 12.6. The molecule has 0 saturated carbocycles. The molecule has 0 spiro atoms. The lowest BCUT2D eigenvalue weighted by Crippen LogP contribution is -2.43. The van der Waals surface area contributed by atoms with E-state index in [2.05, 4.69) is 13.8 Å². The molecule has 26 heavy (non-hydrogen) atoms. The number of rotatable bonds is 8. The molecule has 0 aromatic heterocycles. The molecule has 1 aromatic carbocycles. The molecule has 5 nitrogen and oxygen atoms in total. The van der Waals surface area contributed by atoms with Gasteiger partial charge in [0.05, 0.1) is 6.61 Å². The molecule has 1 heterocycles. The summed E-state index contributed by atoms with van der Waals surface area (Å²) in [5.74, 6) is 1.03. The number of carbonyl (C=O) groups is 2. The van der Waals surface area contributed by atoms with Crippen LogP contribution in [0.1, 0.15) is 56.3 Å². The smallest absolute Gasteiger partial charge is 0.253 e. The summed E-state index contributed by atoms with van der Waals surface area (Å²) < 4.78 is 5.62. The Morgan fingerprint density at radius 1 is 1.19 bits per heavy atom. The largest absolute Gasteiger partial charge is 0.494 e. The normalized spacial score (nSPS) is 15.0. The summed E-state index contributed by atoms with van der Waals surface area (Å²) >= 11 is 0. The minimum absolute atomic E-state index is 0.0252. The van der Waals surface area contributed by atoms with Crippen LogP contribution in [0.4, 0.5) is 0 Å². The fourth-order valence-electron chi connectivity index (χ4n) is 3.27. The number of likely N-dealkylation sites (tertiary alicyclic amines) is 1. The molecule has 0 N–H and O–H groups in total. The zero-order valence-electron chi connectivity index (χ0n) is 16.4. The third-order valence-corrected chi connectivity index (χ3v) is 4.91. The summed E-state index contributed by atoms with van der Waals surface area (Å²) in [6.07, 6.45) is 4.55. The molecule has 1 aromatic rings. The van der Waals surface area contributed by atoms with E-state index in [1.807, 2.05) is 41.1 Å². The Labute approximate surface area is 157 Å². The topological polar surface area (TPSA) is 49.9 Å². The van der Waals surface area contributed by atoms with Crippen molar-refractivity contribution < 1.29 is 14.3 Å². The van der Waals surface area contributed by atoms with Crippen LogP contribution in [0.25, 0.3) is 0 Å². The van der Waals surface area contributed by atoms with Gasteiger partial charge in [-0.15, -0.1) is 0 Å². The fourth-order valence-corrected chi connectivity index (χ4v) is 3.27. The third-order valence-electron chi connectivity index (χ3n) is 4.91. The Hall–Kier alpha value is -2.04. The zero-order chi connectivity index (χ0) is 18.9. The SMILES string of the molecule is CCCCN(C)C(=O)C1CCN(C(=O)c2cccc(OCCC)c2)CC1. The summed E-state index contributed by atoms with van der Waals surface area (Å²) in [4.78, 5) is 29.0. The van der Waals surface area contributed by atoms with E-state index in [1.165, 1.54) is 0 Å². The number of ether oxygens (including phenoxy) is 1. The number of hydrogen-bond acceptors (Lipinski definition) is 3. The van der Waals surface area contributed by atoms with Crippen molar-refractivity contribution >= 4 is 11.8 Å². The Balaban J connectivity index is 1.89. The van der Waals surface area contributed by atoms with E-state index >= 15 is 0 Å². The van der Waals surface area contributed by atoms with Crippen LogP contribution < -0.4 is 4.74 Å². The lowest BCUT2D eigenvalue weighted by molar-refractivity contribution is -0.135. The lowest BCUT2D eigenvalue weighted by atomic mass is 9.94. The molecule has 2 rings (SSSR count). The Morgan fingerprint density at radius 2 is 1.92 bits per heavy atom. The Bertz CT molecular complexity index is 595. The molecule has 1 aliphatic heterocycles. The van der Waals surface area contributed by atoms with E-state index in [9.17, 15) is 9.59 Å². The molecule has 144 valence electrons. The Kier molecular flexibility index (Phi) is 7.95. The van der Waals surface area contributed by atoms with Gasteiger partial charge in [-0.3, -0.25) is 9.59 Å². The van der Waals surface area contributed by atoms with Gasteiger partial charge in [0.25, 0.3) is 5.91 Å². The number of benzene rings is 1. The van der Waals surface area contributed by atoms with Gasteiger partial charge in [0.1, 0.15) is 5.75 Å². The quantitative estimate of drug-likeness (QED) is 0.712. The van der Waals surface area contributed by atoms with Crippen molar-refractivity contribution in [2.45, 2.75) is 46.0 Å². The molecule has 0 radical (unpaired) electrons. The van der Waals surface area contributed by atoms with Crippen molar-refractivity contribution in [1.29, 1.82) is 0 Å². The predicted octanol–water partition coefficient (Wildman–Crippen LogP) is 3.59. The van der Waals surface area contributed by atoms with Gasteiger partial charge in [-0.05, 0) is 43.9 Å². The first-order valence-corrected chi connectivity index (χ1v) is 9.83. The average molecular weight is 360 g/mol. The van der Waals surface area contributed by atoms with Gasteiger partial charge in [0.15, 0.2) is 0 Å². The number of piperidine rings is 1. The van der Waals surface area contributed by atoms with E-state index < -0.39 is 0 Å². The summed E-state index contributed by atoms with van der Waals surface area (Å²) in [5.41, 5.74) is 0.656. The van der Waals surface area contributed by atoms with Crippen LogP contribution in [0.3, 0.4) is 0 Å². The van der Waals surface area contributed by atoms with Crippen molar-refractivity contribution in [3.05, 3.63) is 29.8 Å². The van der Waals surface area contributed by atoms with Crippen LogP contribution in [-0.2, 0) is 4.79 Å². The van der Waals surface area contributed by atoms with Crippen LogP contribution in [0.2, 0.25) is 0 Å². The number of unbranched alkanes of at least 4 members (excludes halogenated alkanes) is 1. The highest BCUT2D eigenvalue weighted by molar-refractivity contribution is 5.94. The van der Waals surface area contributed by atoms with E-state index in [0.29, 0.717) is 25.3 Å². The van der Waals surface area contributed by atoms with E-state index in [1.54, 1.807) is 0 Å². The average Bonchev–Trinajstić information content (AvgIpc) is 2.69. The van der Waals surface area contributed by atoms with Crippen molar-refractivity contribution in [2.24, 2.45) is 5.92 Å². The van der Waals surface area contributed by atoms with Gasteiger partial charge < -0.3 is 14.5 Å². The minimum Gasteiger partial charge on any atom is -0.494 e. The number of amides is 2. The standard InChI is InChI=1S/C21H32N2O3/c1-4-6-12-22(3)20(24)17-10-13-23(14-11-17)21(25)18-8-7-9-19(16-18)26-15-5-2/h7-9,16-17H,4-6,10-15H2,1-3H3. The second-order valence-corrected chi connectivity index (χ2v) is 7.06. The fraction of sp³-hybridized carbons (Fsp3) is 0.619. The second kappa shape index (κ2) is 10.2. The molecular formula is C21H32N2O3. The van der Waals surface area contributed by atoms with Gasteiger partial charge >= 0.3 is 0 Å². The van der Waals surface area contributed by atoms with Crippen LogP contribution in [0.15, 0.2) is 24.3 Å². The maximum atomic E-state index is 12.8. The summed E-state index contributed by atoms with van der Waals surface area (Å²) in [5, 5.41) is 0. The van der Waals surface area contributed by atoms with Crippen molar-refractivity contribution in [1.82, 2.24) is 9.80 Å². The highest BCUT2D eigenvalue weighted by atomic mass is 16.5. The highest BCUT2D eigenvalue weighted by Gasteiger charge is 2.29. The summed E-state index contributed by atoms with van der Waals surface area (Å²) in [6.45, 7) is 6.92. The highest BCUT2D eigenvalue weighted by Crippen LogP contribution is 2.22. The van der Waals surface area contributed by atoms with Crippen molar-refractivity contribution in [2.75, 3.05) is 33.3 Å². The van der Waals surface area contributed by atoms with Gasteiger partial charge in [-0.25, -0.2) is 0 Å². The first-order valence-electron chi connectivity index (χ1n) is 9.83. The molecule has 0 aliphatic carbocycles. The molecule has 1 fully saturated rings. The molecule has 0 atom stereocenters. The van der Waals surface area contributed by atoms with Gasteiger partial charge in [0.2, 0.25) is 5.91 Å². The van der Waals surface area contributed by atoms with Crippen molar-refractivity contribution in [3.8, 4) is 5.75 Å². The van der Waals surface area contributed by atoms with Gasteiger partial charge in [0, 0.05) is 38.2 Å². The van der Waals surface area contributed by atoms with E-state index in [4.69, 9.17) is 4.74 Å². The van der Waals surface area contributed by atoms with E-state index in [0.717, 1.165) is 44.4 Å². The zero-order valence-corrected chi connectivity index (χ0v) is 16.4. The lowest BCUT2D eigenvalue weighted by Gasteiger charge is -2.33. The molecule has 2 amide bonds. The van der Waals surface area contributed by atoms with Gasteiger partial charge in [-0.1, -0.05) is 26.3 Å².